The molecule has 2 aromatic rings. The van der Waals surface area contributed by atoms with Crippen molar-refractivity contribution in [1.29, 1.82) is 0 Å². The van der Waals surface area contributed by atoms with Gasteiger partial charge in [-0.15, -0.1) is 0 Å². The Balaban J connectivity index is 0.000000956. The van der Waals surface area contributed by atoms with Gasteiger partial charge < -0.3 is 26.2 Å². The molecule has 1 aromatic carbocycles. The van der Waals surface area contributed by atoms with E-state index < -0.39 is 47.1 Å². The van der Waals surface area contributed by atoms with Crippen LogP contribution in [0.25, 0.3) is 0 Å². The largest absolute Gasteiger partial charge is 0.490 e. The smallest absolute Gasteiger partial charge is 0.481 e. The summed E-state index contributed by atoms with van der Waals surface area (Å²) in [5.74, 6) is -4.25. The number of hydrogen-bond acceptors (Lipinski definition) is 8. The van der Waals surface area contributed by atoms with Crippen molar-refractivity contribution in [3.8, 4) is 0 Å². The normalized spacial score (nSPS) is 11.3. The van der Waals surface area contributed by atoms with Crippen LogP contribution in [0.5, 0.6) is 0 Å². The summed E-state index contributed by atoms with van der Waals surface area (Å²) >= 11 is 5.78. The third kappa shape index (κ3) is 13.1. The topological polar surface area (TPSA) is 201 Å². The third-order valence-corrected chi connectivity index (χ3v) is 4.84. The highest BCUT2D eigenvalue weighted by atomic mass is 35.5. The van der Waals surface area contributed by atoms with Crippen LogP contribution < -0.4 is 16.0 Å². The molecule has 1 atom stereocenters. The Morgan fingerprint density at radius 3 is 2.31 bits per heavy atom. The van der Waals surface area contributed by atoms with Gasteiger partial charge in [-0.05, 0) is 30.2 Å². The van der Waals surface area contributed by atoms with Gasteiger partial charge >= 0.3 is 18.1 Å². The number of nitrogens with one attached hydrogen (secondary N) is 3. The molecule has 39 heavy (non-hydrogen) atoms. The molecule has 17 heteroatoms. The van der Waals surface area contributed by atoms with Gasteiger partial charge in [0.2, 0.25) is 11.8 Å². The van der Waals surface area contributed by atoms with Gasteiger partial charge in [-0.1, -0.05) is 23.7 Å². The molecule has 0 aliphatic rings. The van der Waals surface area contributed by atoms with Crippen molar-refractivity contribution in [2.75, 3.05) is 18.4 Å². The molecule has 0 saturated heterocycles. The lowest BCUT2D eigenvalue weighted by Gasteiger charge is -2.18. The minimum Gasteiger partial charge on any atom is -0.481 e. The highest BCUT2D eigenvalue weighted by Crippen LogP contribution is 2.29. The monoisotopic (exact) mass is 577 g/mol. The number of carbonyl (C=O) groups is 4. The van der Waals surface area contributed by atoms with E-state index in [2.05, 4.69) is 20.9 Å². The van der Waals surface area contributed by atoms with Crippen LogP contribution in [0.1, 0.15) is 30.9 Å². The molecule has 0 bridgehead atoms. The molecule has 2 amide bonds. The number of aliphatic carboxylic acids is 2. The second-order valence-electron chi connectivity index (χ2n) is 7.51. The maximum atomic E-state index is 12.2. The maximum absolute atomic E-state index is 12.2. The van der Waals surface area contributed by atoms with E-state index in [1.54, 1.807) is 18.3 Å². The SMILES string of the molecule is O=C(O)C(F)(F)F.O=C(O)CC(NC(=O)CNC(=O)CCCNc1ccccn1)c1ccc(Cl)c([N+](=O)[O-])c1. The first kappa shape index (κ1) is 32.6. The molecule has 0 spiro atoms. The summed E-state index contributed by atoms with van der Waals surface area (Å²) in [6.07, 6.45) is -3.25. The van der Waals surface area contributed by atoms with Gasteiger partial charge in [-0.25, -0.2) is 9.78 Å². The van der Waals surface area contributed by atoms with Crippen LogP contribution in [-0.4, -0.2) is 63.1 Å². The predicted octanol–water partition coefficient (Wildman–Crippen LogP) is 2.92. The van der Waals surface area contributed by atoms with Crippen LogP contribution in [0.4, 0.5) is 24.7 Å². The van der Waals surface area contributed by atoms with Crippen molar-refractivity contribution in [3.05, 3.63) is 63.3 Å². The fourth-order valence-corrected chi connectivity index (χ4v) is 2.95. The quantitative estimate of drug-likeness (QED) is 0.142. The minimum absolute atomic E-state index is 0.107. The Morgan fingerprint density at radius 2 is 1.77 bits per heavy atom. The number of pyridine rings is 1. The number of nitrogens with zero attached hydrogens (tertiary/aromatic N) is 2. The zero-order chi connectivity index (χ0) is 29.6. The summed E-state index contributed by atoms with van der Waals surface area (Å²) in [5.41, 5.74) is -0.190. The molecule has 0 aliphatic heterocycles. The summed E-state index contributed by atoms with van der Waals surface area (Å²) in [4.78, 5) is 58.7. The predicted molar refractivity (Wildman–Crippen MR) is 130 cm³/mol. The average molecular weight is 578 g/mol. The number of carboxylic acid groups (broad SMARTS) is 2. The molecular formula is C22H23ClF3N5O8. The van der Waals surface area contributed by atoms with Crippen LogP contribution in [0, 0.1) is 10.1 Å². The summed E-state index contributed by atoms with van der Waals surface area (Å²) in [5, 5.41) is 35.2. The third-order valence-electron chi connectivity index (χ3n) is 4.52. The lowest BCUT2D eigenvalue weighted by molar-refractivity contribution is -0.384. The number of amides is 2. The number of hydrogen-bond donors (Lipinski definition) is 5. The van der Waals surface area contributed by atoms with Gasteiger partial charge in [-0.3, -0.25) is 24.5 Å². The second kappa shape index (κ2) is 15.7. The highest BCUT2D eigenvalue weighted by Gasteiger charge is 2.38. The Labute approximate surface area is 223 Å². The molecule has 212 valence electrons. The number of nitro benzene ring substituents is 1. The number of carbonyl (C=O) groups excluding carboxylic acids is 2. The minimum atomic E-state index is -5.08. The zero-order valence-corrected chi connectivity index (χ0v) is 20.7. The number of nitro groups is 1. The molecule has 0 radical (unpaired) electrons. The van der Waals surface area contributed by atoms with E-state index in [0.29, 0.717) is 18.8 Å². The number of aromatic nitrogens is 1. The van der Waals surface area contributed by atoms with Gasteiger partial charge in [0, 0.05) is 25.2 Å². The van der Waals surface area contributed by atoms with E-state index in [1.807, 2.05) is 6.07 Å². The number of anilines is 1. The molecule has 1 aromatic heterocycles. The fraction of sp³-hybridized carbons (Fsp3) is 0.318. The van der Waals surface area contributed by atoms with Crippen molar-refractivity contribution < 1.29 is 47.5 Å². The molecular weight excluding hydrogens is 555 g/mol. The van der Waals surface area contributed by atoms with Crippen LogP contribution in [0.15, 0.2) is 42.6 Å². The van der Waals surface area contributed by atoms with E-state index >= 15 is 0 Å². The standard InChI is InChI=1S/C20H22ClN5O6.C2HF3O2/c21-14-7-6-13(10-16(14)26(31)32)15(11-20(29)30)25-19(28)12-24-18(27)5-3-9-23-17-4-1-2-8-22-17;3-2(4,5)1(6)7/h1-2,4,6-8,10,15H,3,5,9,11-12H2,(H,22,23)(H,24,27)(H,25,28)(H,29,30);(H,6,7). The van der Waals surface area contributed by atoms with Gasteiger partial charge in [-0.2, -0.15) is 13.2 Å². The Kier molecular flexibility index (Phi) is 13.1. The van der Waals surface area contributed by atoms with E-state index in [1.165, 1.54) is 12.1 Å². The Morgan fingerprint density at radius 1 is 1.10 bits per heavy atom. The molecule has 0 aliphatic carbocycles. The van der Waals surface area contributed by atoms with Crippen molar-refractivity contribution >= 4 is 46.9 Å². The highest BCUT2D eigenvalue weighted by molar-refractivity contribution is 6.32. The first-order chi connectivity index (χ1) is 18.2. The summed E-state index contributed by atoms with van der Waals surface area (Å²) < 4.78 is 31.7. The van der Waals surface area contributed by atoms with Crippen LogP contribution in [-0.2, 0) is 19.2 Å². The fourth-order valence-electron chi connectivity index (χ4n) is 2.76. The van der Waals surface area contributed by atoms with Crippen LogP contribution in [0.3, 0.4) is 0 Å². The molecule has 0 fully saturated rings. The van der Waals surface area contributed by atoms with Gasteiger partial charge in [0.15, 0.2) is 0 Å². The van der Waals surface area contributed by atoms with E-state index in [-0.39, 0.29) is 29.5 Å². The van der Waals surface area contributed by atoms with Crippen LogP contribution in [0.2, 0.25) is 5.02 Å². The molecule has 1 unspecified atom stereocenters. The van der Waals surface area contributed by atoms with Crippen molar-refractivity contribution in [2.24, 2.45) is 0 Å². The number of alkyl halides is 3. The first-order valence-electron chi connectivity index (χ1n) is 10.9. The zero-order valence-electron chi connectivity index (χ0n) is 19.9. The van der Waals surface area contributed by atoms with Gasteiger partial charge in [0.1, 0.15) is 10.8 Å². The molecule has 1 heterocycles. The second-order valence-corrected chi connectivity index (χ2v) is 7.92. The van der Waals surface area contributed by atoms with Crippen molar-refractivity contribution in [3.63, 3.8) is 0 Å². The van der Waals surface area contributed by atoms with Crippen molar-refractivity contribution in [2.45, 2.75) is 31.5 Å². The van der Waals surface area contributed by atoms with Gasteiger partial charge in [0.25, 0.3) is 5.69 Å². The van der Waals surface area contributed by atoms with Crippen molar-refractivity contribution in [1.82, 2.24) is 15.6 Å². The Hall–Kier alpha value is -4.47. The molecule has 2 rings (SSSR count). The molecule has 5 N–H and O–H groups in total. The van der Waals surface area contributed by atoms with E-state index in [4.69, 9.17) is 26.6 Å². The number of halogens is 4. The average Bonchev–Trinajstić information content (AvgIpc) is 2.85. The first-order valence-corrected chi connectivity index (χ1v) is 11.2. The molecule has 13 nitrogen and oxygen atoms in total. The summed E-state index contributed by atoms with van der Waals surface area (Å²) in [6.45, 7) is 0.158. The summed E-state index contributed by atoms with van der Waals surface area (Å²) in [7, 11) is 0. The van der Waals surface area contributed by atoms with E-state index in [9.17, 15) is 37.7 Å². The Bertz CT molecular complexity index is 1170. The number of carboxylic acids is 2. The molecule has 0 saturated carbocycles. The van der Waals surface area contributed by atoms with Gasteiger partial charge in [0.05, 0.1) is 23.9 Å². The maximum Gasteiger partial charge on any atom is 0.490 e. The lowest BCUT2D eigenvalue weighted by Crippen LogP contribution is -2.39. The van der Waals surface area contributed by atoms with E-state index in [0.717, 1.165) is 6.07 Å². The number of benzene rings is 1. The number of rotatable bonds is 12. The van der Waals surface area contributed by atoms with Crippen LogP contribution >= 0.6 is 11.6 Å². The lowest BCUT2D eigenvalue weighted by atomic mass is 10.0. The summed E-state index contributed by atoms with van der Waals surface area (Å²) in [6, 6.07) is 8.17.